The molecule has 0 unspecified atom stereocenters. The lowest BCUT2D eigenvalue weighted by molar-refractivity contribution is -0.131. The van der Waals surface area contributed by atoms with Crippen LogP contribution in [0.15, 0.2) is 30.3 Å². The standard InChI is InChI=1S/C27H30FN7O2/c1-17-7-8-24-31-32-26(35(17)24)22-5-4-6-23(29-22)30-27(37)20-13-19-15-33(12-9-18(19)14-21(20)28)16-25(36)34-10-2-3-11-34/h4-6,13-14,17H,2-3,7-12,15-16H2,1H3,(H,29,30,37)/t17-/m1/s1. The van der Waals surface area contributed by atoms with E-state index >= 15 is 0 Å². The molecule has 0 saturated carbocycles. The molecule has 1 N–H and O–H groups in total. The summed E-state index contributed by atoms with van der Waals surface area (Å²) in [5.74, 6) is 0.944. The lowest BCUT2D eigenvalue weighted by Gasteiger charge is -2.30. The third kappa shape index (κ3) is 4.61. The summed E-state index contributed by atoms with van der Waals surface area (Å²) >= 11 is 0. The number of aromatic nitrogens is 4. The van der Waals surface area contributed by atoms with E-state index in [0.29, 0.717) is 43.4 Å². The van der Waals surface area contributed by atoms with Gasteiger partial charge in [-0.1, -0.05) is 6.07 Å². The van der Waals surface area contributed by atoms with Crippen molar-refractivity contribution in [3.63, 3.8) is 0 Å². The third-order valence-corrected chi connectivity index (χ3v) is 7.66. The number of nitrogens with zero attached hydrogens (tertiary/aromatic N) is 6. The van der Waals surface area contributed by atoms with E-state index < -0.39 is 11.7 Å². The van der Waals surface area contributed by atoms with Gasteiger partial charge in [0, 0.05) is 38.6 Å². The predicted molar refractivity (Wildman–Crippen MR) is 135 cm³/mol. The highest BCUT2D eigenvalue weighted by molar-refractivity contribution is 6.04. The van der Waals surface area contributed by atoms with Gasteiger partial charge in [-0.25, -0.2) is 9.37 Å². The minimum atomic E-state index is -0.560. The molecule has 1 fully saturated rings. The van der Waals surface area contributed by atoms with Gasteiger partial charge in [-0.05, 0) is 68.0 Å². The Hall–Kier alpha value is -3.66. The number of anilines is 1. The van der Waals surface area contributed by atoms with Crippen molar-refractivity contribution in [2.75, 3.05) is 31.5 Å². The predicted octanol–water partition coefficient (Wildman–Crippen LogP) is 3.22. The largest absolute Gasteiger partial charge is 0.342 e. The number of rotatable bonds is 5. The van der Waals surface area contributed by atoms with Crippen LogP contribution in [0.5, 0.6) is 0 Å². The highest BCUT2D eigenvalue weighted by Gasteiger charge is 2.27. The second-order valence-corrected chi connectivity index (χ2v) is 10.2. The van der Waals surface area contributed by atoms with Crippen LogP contribution in [0, 0.1) is 5.82 Å². The van der Waals surface area contributed by atoms with Gasteiger partial charge in [-0.15, -0.1) is 10.2 Å². The van der Waals surface area contributed by atoms with E-state index in [2.05, 4.69) is 36.9 Å². The molecule has 3 aliphatic heterocycles. The summed E-state index contributed by atoms with van der Waals surface area (Å²) in [6.07, 6.45) is 4.66. The summed E-state index contributed by atoms with van der Waals surface area (Å²) < 4.78 is 17.0. The number of likely N-dealkylation sites (tertiary alicyclic amines) is 1. The van der Waals surface area contributed by atoms with E-state index in [9.17, 15) is 14.0 Å². The Kier molecular flexibility index (Phi) is 6.19. The first kappa shape index (κ1) is 23.7. The molecule has 37 heavy (non-hydrogen) atoms. The molecule has 0 bridgehead atoms. The normalized spacial score (nSPS) is 19.1. The van der Waals surface area contributed by atoms with Crippen LogP contribution in [0.2, 0.25) is 0 Å². The number of hydrogen-bond donors (Lipinski definition) is 1. The van der Waals surface area contributed by atoms with Gasteiger partial charge in [0.15, 0.2) is 5.82 Å². The van der Waals surface area contributed by atoms with Gasteiger partial charge in [0.05, 0.1) is 12.1 Å². The number of amides is 2. The SMILES string of the molecule is C[C@@H]1CCc2nnc(-c3cccc(NC(=O)c4cc5c(cc4F)CCN(CC(=O)N4CCCC4)C5)n3)n21. The maximum absolute atomic E-state index is 15.0. The lowest BCUT2D eigenvalue weighted by Crippen LogP contribution is -2.41. The number of aryl methyl sites for hydroxylation is 1. The Morgan fingerprint density at radius 1 is 1.08 bits per heavy atom. The first-order valence-electron chi connectivity index (χ1n) is 13.0. The lowest BCUT2D eigenvalue weighted by atomic mass is 9.96. The van der Waals surface area contributed by atoms with Crippen molar-refractivity contribution in [3.8, 4) is 11.5 Å². The highest BCUT2D eigenvalue weighted by atomic mass is 19.1. The monoisotopic (exact) mass is 503 g/mol. The molecule has 1 atom stereocenters. The van der Waals surface area contributed by atoms with E-state index in [1.54, 1.807) is 18.2 Å². The molecular weight excluding hydrogens is 473 g/mol. The highest BCUT2D eigenvalue weighted by Crippen LogP contribution is 2.30. The van der Waals surface area contributed by atoms with E-state index in [-0.39, 0.29) is 17.5 Å². The zero-order chi connectivity index (χ0) is 25.5. The fourth-order valence-corrected chi connectivity index (χ4v) is 5.62. The fraction of sp³-hybridized carbons (Fsp3) is 0.444. The summed E-state index contributed by atoms with van der Waals surface area (Å²) in [6.45, 7) is 5.33. The van der Waals surface area contributed by atoms with Gasteiger partial charge in [0.2, 0.25) is 5.91 Å². The summed E-state index contributed by atoms with van der Waals surface area (Å²) in [6, 6.07) is 8.65. The van der Waals surface area contributed by atoms with Crippen LogP contribution in [-0.2, 0) is 24.2 Å². The van der Waals surface area contributed by atoms with Crippen LogP contribution >= 0.6 is 0 Å². The summed E-state index contributed by atoms with van der Waals surface area (Å²) in [5.41, 5.74) is 2.33. The molecular formula is C27H30FN7O2. The van der Waals surface area contributed by atoms with E-state index in [4.69, 9.17) is 0 Å². The number of benzene rings is 1. The van der Waals surface area contributed by atoms with Crippen molar-refractivity contribution in [2.45, 2.75) is 51.6 Å². The topological polar surface area (TPSA) is 96.2 Å². The summed E-state index contributed by atoms with van der Waals surface area (Å²) in [7, 11) is 0. The van der Waals surface area contributed by atoms with E-state index in [1.807, 2.05) is 11.0 Å². The number of halogens is 1. The molecule has 3 aromatic rings. The van der Waals surface area contributed by atoms with Crippen molar-refractivity contribution < 1.29 is 14.0 Å². The molecule has 0 radical (unpaired) electrons. The third-order valence-electron chi connectivity index (χ3n) is 7.66. The molecule has 3 aliphatic rings. The zero-order valence-electron chi connectivity index (χ0n) is 20.9. The van der Waals surface area contributed by atoms with Gasteiger partial charge >= 0.3 is 0 Å². The molecule has 192 valence electrons. The Morgan fingerprint density at radius 2 is 1.92 bits per heavy atom. The van der Waals surface area contributed by atoms with Crippen LogP contribution < -0.4 is 5.32 Å². The smallest absolute Gasteiger partial charge is 0.259 e. The molecule has 5 heterocycles. The Labute approximate surface area is 214 Å². The second-order valence-electron chi connectivity index (χ2n) is 10.2. The minimum absolute atomic E-state index is 0.0318. The number of nitrogens with one attached hydrogen (secondary N) is 1. The number of hydrogen-bond acceptors (Lipinski definition) is 6. The number of carbonyl (C=O) groups is 2. The molecule has 0 spiro atoms. The number of pyridine rings is 1. The van der Waals surface area contributed by atoms with Crippen molar-refractivity contribution in [2.24, 2.45) is 0 Å². The molecule has 9 nitrogen and oxygen atoms in total. The van der Waals surface area contributed by atoms with Crippen molar-refractivity contribution in [1.29, 1.82) is 0 Å². The van der Waals surface area contributed by atoms with Crippen LogP contribution in [0.4, 0.5) is 10.2 Å². The zero-order valence-corrected chi connectivity index (χ0v) is 20.9. The molecule has 10 heteroatoms. The molecule has 2 amide bonds. The molecule has 1 saturated heterocycles. The maximum atomic E-state index is 15.0. The van der Waals surface area contributed by atoms with Crippen molar-refractivity contribution in [1.82, 2.24) is 29.5 Å². The Morgan fingerprint density at radius 3 is 2.76 bits per heavy atom. The maximum Gasteiger partial charge on any atom is 0.259 e. The van der Waals surface area contributed by atoms with E-state index in [0.717, 1.165) is 55.7 Å². The van der Waals surface area contributed by atoms with Crippen LogP contribution in [0.3, 0.4) is 0 Å². The molecule has 0 aliphatic carbocycles. The fourth-order valence-electron chi connectivity index (χ4n) is 5.62. The Bertz CT molecular complexity index is 1360. The quantitative estimate of drug-likeness (QED) is 0.575. The average Bonchev–Trinajstić information content (AvgIpc) is 3.64. The summed E-state index contributed by atoms with van der Waals surface area (Å²) in [4.78, 5) is 34.2. The number of fused-ring (bicyclic) bond motifs is 2. The van der Waals surface area contributed by atoms with Gasteiger partial charge in [0.1, 0.15) is 23.2 Å². The van der Waals surface area contributed by atoms with E-state index in [1.165, 1.54) is 6.07 Å². The molecule has 6 rings (SSSR count). The Balaban J connectivity index is 1.18. The summed E-state index contributed by atoms with van der Waals surface area (Å²) in [5, 5.41) is 11.3. The molecule has 1 aromatic carbocycles. The first-order chi connectivity index (χ1) is 18.0. The van der Waals surface area contributed by atoms with Gasteiger partial charge in [0.25, 0.3) is 5.91 Å². The average molecular weight is 504 g/mol. The van der Waals surface area contributed by atoms with Crippen LogP contribution in [0.25, 0.3) is 11.5 Å². The molecule has 2 aromatic heterocycles. The number of carbonyl (C=O) groups excluding carboxylic acids is 2. The van der Waals surface area contributed by atoms with Gasteiger partial charge < -0.3 is 14.8 Å². The van der Waals surface area contributed by atoms with Crippen molar-refractivity contribution in [3.05, 3.63) is 58.7 Å². The van der Waals surface area contributed by atoms with Crippen molar-refractivity contribution >= 4 is 17.6 Å². The van der Waals surface area contributed by atoms with Crippen LogP contribution in [-0.4, -0.2) is 67.5 Å². The van der Waals surface area contributed by atoms with Gasteiger partial charge in [-0.3, -0.25) is 14.5 Å². The van der Waals surface area contributed by atoms with Gasteiger partial charge in [-0.2, -0.15) is 0 Å². The van der Waals surface area contributed by atoms with Crippen LogP contribution in [0.1, 0.15) is 59.5 Å². The first-order valence-corrected chi connectivity index (χ1v) is 13.0. The minimum Gasteiger partial charge on any atom is -0.342 e. The second kappa shape index (κ2) is 9.66.